The van der Waals surface area contributed by atoms with Crippen LogP contribution >= 0.6 is 34.8 Å². The van der Waals surface area contributed by atoms with Crippen molar-refractivity contribution in [1.82, 2.24) is 5.32 Å². The van der Waals surface area contributed by atoms with Crippen molar-refractivity contribution in [2.75, 3.05) is 6.54 Å². The molecule has 2 rings (SSSR count). The van der Waals surface area contributed by atoms with E-state index in [2.05, 4.69) is 5.32 Å². The molecule has 0 saturated carbocycles. The Labute approximate surface area is 139 Å². The van der Waals surface area contributed by atoms with Gasteiger partial charge in [-0.1, -0.05) is 53.9 Å². The first kappa shape index (κ1) is 16.6. The van der Waals surface area contributed by atoms with Crippen LogP contribution in [0.5, 0.6) is 0 Å². The summed E-state index contributed by atoms with van der Waals surface area (Å²) in [7, 11) is 0. The predicted molar refractivity (Wildman–Crippen MR) is 88.0 cm³/mol. The molecule has 0 aliphatic carbocycles. The summed E-state index contributed by atoms with van der Waals surface area (Å²) in [5.41, 5.74) is 1.19. The van der Waals surface area contributed by atoms with Gasteiger partial charge in [-0.05, 0) is 42.8 Å². The van der Waals surface area contributed by atoms with Gasteiger partial charge in [-0.25, -0.2) is 4.39 Å². The number of rotatable bonds is 5. The fourth-order valence-electron chi connectivity index (χ4n) is 2.16. The summed E-state index contributed by atoms with van der Waals surface area (Å²) in [6, 6.07) is 9.72. The minimum Gasteiger partial charge on any atom is -0.306 e. The summed E-state index contributed by atoms with van der Waals surface area (Å²) in [6.07, 6.45) is 0.914. The molecule has 0 fully saturated rings. The van der Waals surface area contributed by atoms with E-state index in [1.54, 1.807) is 30.3 Å². The SMILES string of the molecule is CCCNC(c1cc(Cl)ccc1Cl)c1cccc(Cl)c1F. The zero-order valence-corrected chi connectivity index (χ0v) is 13.7. The van der Waals surface area contributed by atoms with Gasteiger partial charge in [-0.2, -0.15) is 0 Å². The van der Waals surface area contributed by atoms with Crippen molar-refractivity contribution in [2.24, 2.45) is 0 Å². The fraction of sp³-hybridized carbons (Fsp3) is 0.250. The quantitative estimate of drug-likeness (QED) is 0.713. The third kappa shape index (κ3) is 3.89. The van der Waals surface area contributed by atoms with Crippen LogP contribution in [-0.4, -0.2) is 6.54 Å². The zero-order chi connectivity index (χ0) is 15.4. The Kier molecular flexibility index (Phi) is 5.88. The van der Waals surface area contributed by atoms with Crippen molar-refractivity contribution >= 4 is 34.8 Å². The molecule has 0 saturated heterocycles. The fourth-order valence-corrected chi connectivity index (χ4v) is 2.74. The molecular weight excluding hydrogens is 332 g/mol. The summed E-state index contributed by atoms with van der Waals surface area (Å²) >= 11 is 18.2. The molecule has 0 aliphatic heterocycles. The first-order valence-corrected chi connectivity index (χ1v) is 7.80. The molecular formula is C16H15Cl3FN. The molecule has 0 aliphatic rings. The molecule has 1 nitrogen and oxygen atoms in total. The van der Waals surface area contributed by atoms with E-state index < -0.39 is 11.9 Å². The van der Waals surface area contributed by atoms with Crippen LogP contribution in [0.2, 0.25) is 15.1 Å². The molecule has 0 bridgehead atoms. The number of hydrogen-bond donors (Lipinski definition) is 1. The van der Waals surface area contributed by atoms with Crippen molar-refractivity contribution in [1.29, 1.82) is 0 Å². The van der Waals surface area contributed by atoms with Gasteiger partial charge in [0, 0.05) is 15.6 Å². The number of hydrogen-bond acceptors (Lipinski definition) is 1. The monoisotopic (exact) mass is 345 g/mol. The van der Waals surface area contributed by atoms with Crippen molar-refractivity contribution in [3.05, 3.63) is 68.4 Å². The van der Waals surface area contributed by atoms with Crippen LogP contribution in [0.4, 0.5) is 4.39 Å². The minimum atomic E-state index is -0.441. The maximum absolute atomic E-state index is 14.3. The lowest BCUT2D eigenvalue weighted by Gasteiger charge is -2.22. The van der Waals surface area contributed by atoms with E-state index in [4.69, 9.17) is 34.8 Å². The highest BCUT2D eigenvalue weighted by molar-refractivity contribution is 6.33. The van der Waals surface area contributed by atoms with E-state index in [1.165, 1.54) is 6.07 Å². The Balaban J connectivity index is 2.52. The molecule has 2 aromatic rings. The van der Waals surface area contributed by atoms with E-state index in [0.717, 1.165) is 18.5 Å². The summed E-state index contributed by atoms with van der Waals surface area (Å²) in [6.45, 7) is 2.76. The maximum Gasteiger partial charge on any atom is 0.146 e. The van der Waals surface area contributed by atoms with Crippen LogP contribution in [0, 0.1) is 5.82 Å². The summed E-state index contributed by atoms with van der Waals surface area (Å²) < 4.78 is 14.3. The van der Waals surface area contributed by atoms with E-state index in [1.807, 2.05) is 6.92 Å². The number of nitrogens with one attached hydrogen (secondary N) is 1. The highest BCUT2D eigenvalue weighted by atomic mass is 35.5. The average Bonchev–Trinajstić information content (AvgIpc) is 2.47. The third-order valence-electron chi connectivity index (χ3n) is 3.16. The van der Waals surface area contributed by atoms with Crippen LogP contribution in [0.1, 0.15) is 30.5 Å². The second-order valence-corrected chi connectivity index (χ2v) is 5.95. The van der Waals surface area contributed by atoms with Crippen LogP contribution in [0.25, 0.3) is 0 Å². The molecule has 0 spiro atoms. The average molecular weight is 347 g/mol. The van der Waals surface area contributed by atoms with E-state index in [0.29, 0.717) is 15.6 Å². The molecule has 112 valence electrons. The molecule has 0 amide bonds. The number of benzene rings is 2. The molecule has 5 heteroatoms. The van der Waals surface area contributed by atoms with Crippen molar-refractivity contribution < 1.29 is 4.39 Å². The van der Waals surface area contributed by atoms with Gasteiger partial charge >= 0.3 is 0 Å². The summed E-state index contributed by atoms with van der Waals surface area (Å²) in [4.78, 5) is 0. The van der Waals surface area contributed by atoms with Crippen molar-refractivity contribution in [3.63, 3.8) is 0 Å². The normalized spacial score (nSPS) is 12.4. The van der Waals surface area contributed by atoms with Gasteiger partial charge in [0.1, 0.15) is 5.82 Å². The molecule has 21 heavy (non-hydrogen) atoms. The first-order chi connectivity index (χ1) is 10.0. The van der Waals surface area contributed by atoms with Crippen molar-refractivity contribution in [3.8, 4) is 0 Å². The molecule has 1 unspecified atom stereocenters. The molecule has 0 radical (unpaired) electrons. The van der Waals surface area contributed by atoms with E-state index in [-0.39, 0.29) is 5.02 Å². The van der Waals surface area contributed by atoms with Gasteiger partial charge in [0.05, 0.1) is 11.1 Å². The minimum absolute atomic E-state index is 0.0916. The van der Waals surface area contributed by atoms with Gasteiger partial charge in [0.2, 0.25) is 0 Å². The summed E-state index contributed by atoms with van der Waals surface area (Å²) in [5.74, 6) is -0.441. The van der Waals surface area contributed by atoms with Gasteiger partial charge < -0.3 is 5.32 Å². The Hall–Kier alpha value is -0.800. The molecule has 0 heterocycles. The highest BCUT2D eigenvalue weighted by Gasteiger charge is 2.21. The maximum atomic E-state index is 14.3. The highest BCUT2D eigenvalue weighted by Crippen LogP contribution is 2.33. The Morgan fingerprint density at radius 3 is 2.52 bits per heavy atom. The predicted octanol–water partition coefficient (Wildman–Crippen LogP) is 5.87. The molecule has 2 aromatic carbocycles. The number of halogens is 4. The smallest absolute Gasteiger partial charge is 0.146 e. The van der Waals surface area contributed by atoms with Crippen molar-refractivity contribution in [2.45, 2.75) is 19.4 Å². The lowest BCUT2D eigenvalue weighted by molar-refractivity contribution is 0.547. The van der Waals surface area contributed by atoms with Gasteiger partial charge in [-0.15, -0.1) is 0 Å². The Morgan fingerprint density at radius 2 is 1.81 bits per heavy atom. The third-order valence-corrected chi connectivity index (χ3v) is 4.03. The van der Waals surface area contributed by atoms with Crippen LogP contribution in [0.3, 0.4) is 0 Å². The summed E-state index contributed by atoms with van der Waals surface area (Å²) in [5, 5.41) is 4.48. The second-order valence-electron chi connectivity index (χ2n) is 4.70. The lowest BCUT2D eigenvalue weighted by atomic mass is 9.98. The van der Waals surface area contributed by atoms with Gasteiger partial charge in [0.15, 0.2) is 0 Å². The molecule has 1 N–H and O–H groups in total. The topological polar surface area (TPSA) is 12.0 Å². The van der Waals surface area contributed by atoms with Gasteiger partial charge in [0.25, 0.3) is 0 Å². The van der Waals surface area contributed by atoms with Crippen LogP contribution < -0.4 is 5.32 Å². The molecule has 1 atom stereocenters. The lowest BCUT2D eigenvalue weighted by Crippen LogP contribution is -2.24. The largest absolute Gasteiger partial charge is 0.306 e. The van der Waals surface area contributed by atoms with E-state index in [9.17, 15) is 4.39 Å². The first-order valence-electron chi connectivity index (χ1n) is 6.66. The zero-order valence-electron chi connectivity index (χ0n) is 11.5. The Morgan fingerprint density at radius 1 is 1.05 bits per heavy atom. The van der Waals surface area contributed by atoms with Crippen LogP contribution in [0.15, 0.2) is 36.4 Å². The van der Waals surface area contributed by atoms with Crippen LogP contribution in [-0.2, 0) is 0 Å². The second kappa shape index (κ2) is 7.46. The van der Waals surface area contributed by atoms with E-state index >= 15 is 0 Å². The Bertz CT molecular complexity index is 629. The van der Waals surface area contributed by atoms with Gasteiger partial charge in [-0.3, -0.25) is 0 Å². The standard InChI is InChI=1S/C16H15Cl3FN/c1-2-8-21-16(11-4-3-5-14(19)15(11)20)12-9-10(17)6-7-13(12)18/h3-7,9,16,21H,2,8H2,1H3. The molecule has 0 aromatic heterocycles.